The smallest absolute Gasteiger partial charge is 0.220 e. The summed E-state index contributed by atoms with van der Waals surface area (Å²) < 4.78 is 34.3. The van der Waals surface area contributed by atoms with Crippen LogP contribution in [0.15, 0.2) is 12.2 Å². The fourth-order valence-electron chi connectivity index (χ4n) is 12.0. The second-order valence-electron chi connectivity index (χ2n) is 25.0. The molecule has 0 aromatic carbocycles. The lowest BCUT2D eigenvalue weighted by Crippen LogP contribution is -2.66. The minimum Gasteiger partial charge on any atom is -0.394 e. The summed E-state index contributed by atoms with van der Waals surface area (Å²) in [4.78, 5) is 13.4. The number of aliphatic hydroxyl groups is 11. The van der Waals surface area contributed by atoms with Crippen LogP contribution < -0.4 is 5.32 Å². The highest BCUT2D eigenvalue weighted by Crippen LogP contribution is 2.33. The Hall–Kier alpha value is -1.47. The summed E-state index contributed by atoms with van der Waals surface area (Å²) in [6, 6.07) is -0.968. The molecule has 3 heterocycles. The molecule has 19 heteroatoms. The highest BCUT2D eigenvalue weighted by atomic mass is 16.8. The van der Waals surface area contributed by atoms with E-state index in [1.165, 1.54) is 199 Å². The van der Waals surface area contributed by atoms with E-state index in [0.717, 1.165) is 44.9 Å². The summed E-state index contributed by atoms with van der Waals surface area (Å²) in [5.41, 5.74) is 0. The van der Waals surface area contributed by atoms with E-state index in [-0.39, 0.29) is 18.9 Å². The Morgan fingerprint density at radius 1 is 0.412 bits per heavy atom. The lowest BCUT2D eigenvalue weighted by atomic mass is 9.96. The quantitative estimate of drug-likeness (QED) is 0.0201. The van der Waals surface area contributed by atoms with Crippen LogP contribution in [0.3, 0.4) is 0 Å². The molecular formula is C66H125NO18. The molecule has 502 valence electrons. The van der Waals surface area contributed by atoms with E-state index in [1.807, 2.05) is 6.08 Å². The second-order valence-corrected chi connectivity index (χ2v) is 25.0. The average Bonchev–Trinajstić information content (AvgIpc) is 3.45. The van der Waals surface area contributed by atoms with Crippen molar-refractivity contribution in [3.63, 3.8) is 0 Å². The van der Waals surface area contributed by atoms with Crippen LogP contribution in [0.1, 0.15) is 271 Å². The van der Waals surface area contributed by atoms with E-state index in [2.05, 4.69) is 19.2 Å². The van der Waals surface area contributed by atoms with E-state index >= 15 is 0 Å². The van der Waals surface area contributed by atoms with Gasteiger partial charge < -0.3 is 89.9 Å². The first-order valence-electron chi connectivity index (χ1n) is 34.4. The minimum atomic E-state index is -1.98. The number of ether oxygens (including phenoxy) is 6. The maximum Gasteiger partial charge on any atom is 0.220 e. The molecule has 0 aromatic rings. The third-order valence-corrected chi connectivity index (χ3v) is 17.6. The van der Waals surface area contributed by atoms with Gasteiger partial charge in [-0.1, -0.05) is 257 Å². The maximum absolute atomic E-state index is 13.4. The summed E-state index contributed by atoms with van der Waals surface area (Å²) in [6.07, 6.45) is 26.2. The Bertz CT molecular complexity index is 1600. The number of hydrogen-bond acceptors (Lipinski definition) is 18. The van der Waals surface area contributed by atoms with Crippen molar-refractivity contribution in [1.29, 1.82) is 0 Å². The number of carbonyl (C=O) groups excluding carboxylic acids is 1. The van der Waals surface area contributed by atoms with Gasteiger partial charge in [0.05, 0.1) is 38.6 Å². The first-order valence-corrected chi connectivity index (χ1v) is 34.4. The predicted molar refractivity (Wildman–Crippen MR) is 328 cm³/mol. The number of aliphatic hydroxyl groups excluding tert-OH is 11. The van der Waals surface area contributed by atoms with Gasteiger partial charge >= 0.3 is 0 Å². The third kappa shape index (κ3) is 31.9. The first-order chi connectivity index (χ1) is 41.3. The lowest BCUT2D eigenvalue weighted by molar-refractivity contribution is -0.379. The van der Waals surface area contributed by atoms with E-state index < -0.39 is 124 Å². The Balaban J connectivity index is 1.43. The molecule has 19 nitrogen and oxygen atoms in total. The lowest BCUT2D eigenvalue weighted by Gasteiger charge is -2.48. The number of hydrogen-bond donors (Lipinski definition) is 12. The molecule has 0 saturated carbocycles. The van der Waals surface area contributed by atoms with E-state index in [4.69, 9.17) is 28.4 Å². The highest BCUT2D eigenvalue weighted by molar-refractivity contribution is 5.76. The van der Waals surface area contributed by atoms with Crippen LogP contribution in [0.25, 0.3) is 0 Å². The zero-order chi connectivity index (χ0) is 61.9. The summed E-state index contributed by atoms with van der Waals surface area (Å²) in [5, 5.41) is 120. The Kier molecular flexibility index (Phi) is 45.1. The Labute approximate surface area is 512 Å². The molecule has 85 heavy (non-hydrogen) atoms. The van der Waals surface area contributed by atoms with Crippen molar-refractivity contribution in [2.45, 2.75) is 375 Å². The van der Waals surface area contributed by atoms with Gasteiger partial charge in [0, 0.05) is 6.42 Å². The van der Waals surface area contributed by atoms with Gasteiger partial charge in [-0.15, -0.1) is 0 Å². The molecule has 0 bridgehead atoms. The van der Waals surface area contributed by atoms with Crippen LogP contribution in [0.5, 0.6) is 0 Å². The van der Waals surface area contributed by atoms with Crippen LogP contribution in [0.2, 0.25) is 0 Å². The van der Waals surface area contributed by atoms with Gasteiger partial charge in [-0.3, -0.25) is 4.79 Å². The maximum atomic E-state index is 13.4. The fourth-order valence-corrected chi connectivity index (χ4v) is 12.0. The van der Waals surface area contributed by atoms with Crippen LogP contribution >= 0.6 is 0 Å². The number of amides is 1. The van der Waals surface area contributed by atoms with Gasteiger partial charge in [0.2, 0.25) is 5.91 Å². The molecule has 3 aliphatic rings. The minimum absolute atomic E-state index is 0.249. The van der Waals surface area contributed by atoms with Crippen LogP contribution in [0.4, 0.5) is 0 Å². The molecule has 3 aliphatic heterocycles. The molecule has 17 atom stereocenters. The van der Waals surface area contributed by atoms with Crippen molar-refractivity contribution >= 4 is 5.91 Å². The molecule has 0 aromatic heterocycles. The van der Waals surface area contributed by atoms with Gasteiger partial charge in [0.25, 0.3) is 0 Å². The summed E-state index contributed by atoms with van der Waals surface area (Å²) in [7, 11) is 0. The van der Waals surface area contributed by atoms with E-state index in [1.54, 1.807) is 6.08 Å². The van der Waals surface area contributed by atoms with Crippen LogP contribution in [-0.2, 0) is 33.2 Å². The van der Waals surface area contributed by atoms with Gasteiger partial charge in [-0.05, 0) is 19.3 Å². The monoisotopic (exact) mass is 1220 g/mol. The molecule has 3 fully saturated rings. The van der Waals surface area contributed by atoms with Crippen LogP contribution in [0, 0.1) is 0 Å². The molecule has 0 spiro atoms. The second kappa shape index (κ2) is 49.3. The number of rotatable bonds is 53. The Morgan fingerprint density at radius 2 is 0.729 bits per heavy atom. The van der Waals surface area contributed by atoms with Gasteiger partial charge in [0.1, 0.15) is 73.2 Å². The van der Waals surface area contributed by atoms with Gasteiger partial charge in [-0.2, -0.15) is 0 Å². The van der Waals surface area contributed by atoms with Crippen molar-refractivity contribution in [2.24, 2.45) is 0 Å². The number of unbranched alkanes of at least 4 members (excludes halogenated alkanes) is 37. The summed E-state index contributed by atoms with van der Waals surface area (Å²) >= 11 is 0. The summed E-state index contributed by atoms with van der Waals surface area (Å²) in [6.45, 7) is 1.76. The Morgan fingerprint density at radius 3 is 1.11 bits per heavy atom. The zero-order valence-corrected chi connectivity index (χ0v) is 52.9. The summed E-state index contributed by atoms with van der Waals surface area (Å²) in [5.74, 6) is -0.271. The number of allylic oxidation sites excluding steroid dienone is 1. The number of nitrogens with one attached hydrogen (secondary N) is 1. The van der Waals surface area contributed by atoms with Gasteiger partial charge in [-0.25, -0.2) is 0 Å². The van der Waals surface area contributed by atoms with E-state index in [0.29, 0.717) is 6.42 Å². The van der Waals surface area contributed by atoms with Crippen molar-refractivity contribution in [3.8, 4) is 0 Å². The van der Waals surface area contributed by atoms with Crippen molar-refractivity contribution in [2.75, 3.05) is 26.4 Å². The zero-order valence-electron chi connectivity index (χ0n) is 52.9. The largest absolute Gasteiger partial charge is 0.394 e. The van der Waals surface area contributed by atoms with E-state index in [9.17, 15) is 61.0 Å². The molecule has 0 aliphatic carbocycles. The standard InChI is InChI=1S/C66H125NO18/c1-3-5-7-9-11-13-15-17-19-20-21-22-23-24-25-26-27-28-29-30-31-33-35-37-39-41-43-50(71)49(67-54(72)44-42-40-38-36-34-32-18-16-14-12-10-8-6-4-2)48-80-64-60(78)57(75)62(52(46-69)82-64)85-66-61(79)58(76)63(53(47-70)83-66)84-65-59(77)56(74)55(73)51(45-68)81-65/h41,43,49-53,55-66,68-71,73-79H,3-40,42,44-48H2,1-2H3,(H,67,72)/b43-41+. The van der Waals surface area contributed by atoms with Crippen molar-refractivity contribution in [1.82, 2.24) is 5.32 Å². The highest BCUT2D eigenvalue weighted by Gasteiger charge is 2.53. The SMILES string of the molecule is CCCCCCCCCCCCCCCCCCCCCCCCCC/C=C/C(O)C(COC1OC(CO)C(OC2OC(CO)C(OC3OC(CO)C(O)C(O)C3O)C(O)C2O)C(O)C1O)NC(=O)CCCCCCCCCCCCCCCC. The molecule has 12 N–H and O–H groups in total. The van der Waals surface area contributed by atoms with Crippen molar-refractivity contribution in [3.05, 3.63) is 12.2 Å². The van der Waals surface area contributed by atoms with Crippen LogP contribution in [-0.4, -0.2) is 193 Å². The molecule has 17 unspecified atom stereocenters. The fraction of sp³-hybridized carbons (Fsp3) is 0.955. The molecule has 1 amide bonds. The molecular weight excluding hydrogens is 1090 g/mol. The molecule has 3 saturated heterocycles. The third-order valence-electron chi connectivity index (χ3n) is 17.6. The first kappa shape index (κ1) is 77.8. The average molecular weight is 1220 g/mol. The molecule has 3 rings (SSSR count). The topological polar surface area (TPSA) is 307 Å². The normalized spacial score (nSPS) is 29.0. The van der Waals surface area contributed by atoms with Gasteiger partial charge in [0.15, 0.2) is 18.9 Å². The van der Waals surface area contributed by atoms with Crippen molar-refractivity contribution < 1.29 is 89.4 Å². The molecule has 0 radical (unpaired) electrons. The number of carbonyl (C=O) groups is 1. The predicted octanol–water partition coefficient (Wildman–Crippen LogP) is 8.50.